The van der Waals surface area contributed by atoms with Crippen molar-refractivity contribution in [1.82, 2.24) is 5.32 Å². The molecule has 0 unspecified atom stereocenters. The van der Waals surface area contributed by atoms with Gasteiger partial charge in [0.1, 0.15) is 12.4 Å². The number of hydrogen-bond donors (Lipinski definition) is 2. The van der Waals surface area contributed by atoms with Crippen molar-refractivity contribution in [3.63, 3.8) is 0 Å². The summed E-state index contributed by atoms with van der Waals surface area (Å²) in [4.78, 5) is 0. The van der Waals surface area contributed by atoms with Crippen LogP contribution in [0.3, 0.4) is 0 Å². The van der Waals surface area contributed by atoms with Crippen LogP contribution in [0.5, 0.6) is 5.75 Å². The molecule has 1 fully saturated rings. The molecule has 0 aromatic heterocycles. The summed E-state index contributed by atoms with van der Waals surface area (Å²) in [6.07, 6.45) is 6.83. The van der Waals surface area contributed by atoms with E-state index in [9.17, 15) is 0 Å². The third-order valence-corrected chi connectivity index (χ3v) is 3.51. The fourth-order valence-electron chi connectivity index (χ4n) is 2.45. The van der Waals surface area contributed by atoms with Crippen molar-refractivity contribution in [3.8, 4) is 5.75 Å². The summed E-state index contributed by atoms with van der Waals surface area (Å²) in [5, 5.41) is 3.64. The molecule has 0 saturated heterocycles. The molecule has 100 valence electrons. The highest BCUT2D eigenvalue weighted by Crippen LogP contribution is 2.18. The number of nitrogens with one attached hydrogen (secondary N) is 1. The first-order valence-corrected chi connectivity index (χ1v) is 7.03. The number of benzene rings is 1. The Hall–Kier alpha value is -1.06. The van der Waals surface area contributed by atoms with Crippen LogP contribution in [0.1, 0.15) is 37.7 Å². The maximum Gasteiger partial charge on any atom is 0.119 e. The lowest BCUT2D eigenvalue weighted by Gasteiger charge is -2.22. The standard InChI is InChI=1S/C15H24N2O/c16-10-11-18-15-8-6-13(7-9-15)12-17-14-4-2-1-3-5-14/h6-9,14,17H,1-5,10-12,16H2. The predicted molar refractivity (Wildman–Crippen MR) is 74.7 cm³/mol. The zero-order valence-electron chi connectivity index (χ0n) is 11.0. The molecule has 0 bridgehead atoms. The Bertz CT molecular complexity index is 331. The summed E-state index contributed by atoms with van der Waals surface area (Å²) < 4.78 is 5.46. The minimum absolute atomic E-state index is 0.561. The van der Waals surface area contributed by atoms with Crippen LogP contribution in [-0.4, -0.2) is 19.2 Å². The van der Waals surface area contributed by atoms with E-state index in [-0.39, 0.29) is 0 Å². The van der Waals surface area contributed by atoms with E-state index in [0.29, 0.717) is 19.2 Å². The minimum Gasteiger partial charge on any atom is -0.492 e. The molecule has 1 aliphatic carbocycles. The molecular formula is C15H24N2O. The predicted octanol–water partition coefficient (Wildman–Crippen LogP) is 2.45. The van der Waals surface area contributed by atoms with E-state index >= 15 is 0 Å². The fourth-order valence-corrected chi connectivity index (χ4v) is 2.45. The van der Waals surface area contributed by atoms with Gasteiger partial charge in [0.25, 0.3) is 0 Å². The summed E-state index contributed by atoms with van der Waals surface area (Å²) in [5.41, 5.74) is 6.72. The molecule has 3 heteroatoms. The van der Waals surface area contributed by atoms with Crippen molar-refractivity contribution in [1.29, 1.82) is 0 Å². The number of rotatable bonds is 6. The second kappa shape index (κ2) is 7.39. The van der Waals surface area contributed by atoms with Gasteiger partial charge in [0.2, 0.25) is 0 Å². The van der Waals surface area contributed by atoms with Gasteiger partial charge in [0, 0.05) is 19.1 Å². The normalized spacial score (nSPS) is 16.7. The van der Waals surface area contributed by atoms with Gasteiger partial charge in [0.15, 0.2) is 0 Å². The van der Waals surface area contributed by atoms with E-state index in [1.807, 2.05) is 12.1 Å². The van der Waals surface area contributed by atoms with Gasteiger partial charge >= 0.3 is 0 Å². The van der Waals surface area contributed by atoms with Crippen molar-refractivity contribution >= 4 is 0 Å². The molecule has 3 nitrogen and oxygen atoms in total. The number of nitrogens with two attached hydrogens (primary N) is 1. The van der Waals surface area contributed by atoms with Gasteiger partial charge in [0.05, 0.1) is 0 Å². The van der Waals surface area contributed by atoms with Crippen LogP contribution in [0.2, 0.25) is 0 Å². The maximum absolute atomic E-state index is 5.46. The van der Waals surface area contributed by atoms with Gasteiger partial charge in [-0.25, -0.2) is 0 Å². The van der Waals surface area contributed by atoms with Crippen LogP contribution in [0.25, 0.3) is 0 Å². The van der Waals surface area contributed by atoms with Crippen LogP contribution in [0.4, 0.5) is 0 Å². The molecule has 2 rings (SSSR count). The van der Waals surface area contributed by atoms with Crippen molar-refractivity contribution in [2.24, 2.45) is 5.73 Å². The molecule has 1 aromatic rings. The molecule has 1 saturated carbocycles. The third kappa shape index (κ3) is 4.31. The Labute approximate surface area is 110 Å². The average Bonchev–Trinajstić information content (AvgIpc) is 2.45. The highest BCUT2D eigenvalue weighted by molar-refractivity contribution is 5.27. The quantitative estimate of drug-likeness (QED) is 0.813. The molecule has 3 N–H and O–H groups in total. The Morgan fingerprint density at radius 1 is 1.11 bits per heavy atom. The fraction of sp³-hybridized carbons (Fsp3) is 0.600. The summed E-state index contributed by atoms with van der Waals surface area (Å²) in [5.74, 6) is 0.905. The molecule has 0 spiro atoms. The van der Waals surface area contributed by atoms with Crippen molar-refractivity contribution in [2.75, 3.05) is 13.2 Å². The molecule has 0 aliphatic heterocycles. The van der Waals surface area contributed by atoms with Gasteiger partial charge in [-0.15, -0.1) is 0 Å². The van der Waals surface area contributed by atoms with Crippen molar-refractivity contribution in [3.05, 3.63) is 29.8 Å². The van der Waals surface area contributed by atoms with Crippen LogP contribution >= 0.6 is 0 Å². The zero-order valence-corrected chi connectivity index (χ0v) is 11.0. The van der Waals surface area contributed by atoms with Gasteiger partial charge < -0.3 is 15.8 Å². The lowest BCUT2D eigenvalue weighted by molar-refractivity contribution is 0.328. The highest BCUT2D eigenvalue weighted by atomic mass is 16.5. The Balaban J connectivity index is 1.75. The second-order valence-electron chi connectivity index (χ2n) is 5.00. The first-order chi connectivity index (χ1) is 8.88. The van der Waals surface area contributed by atoms with Gasteiger partial charge in [-0.3, -0.25) is 0 Å². The Morgan fingerprint density at radius 3 is 2.50 bits per heavy atom. The van der Waals surface area contributed by atoms with E-state index in [0.717, 1.165) is 12.3 Å². The smallest absolute Gasteiger partial charge is 0.119 e. The molecule has 0 heterocycles. The molecular weight excluding hydrogens is 224 g/mol. The second-order valence-corrected chi connectivity index (χ2v) is 5.00. The van der Waals surface area contributed by atoms with Crippen LogP contribution in [0, 0.1) is 0 Å². The monoisotopic (exact) mass is 248 g/mol. The summed E-state index contributed by atoms with van der Waals surface area (Å²) in [6, 6.07) is 9.01. The first-order valence-electron chi connectivity index (χ1n) is 7.03. The van der Waals surface area contributed by atoms with Crippen LogP contribution in [-0.2, 0) is 6.54 Å². The van der Waals surface area contributed by atoms with Gasteiger partial charge in [-0.1, -0.05) is 31.4 Å². The van der Waals surface area contributed by atoms with E-state index in [1.165, 1.54) is 37.7 Å². The Morgan fingerprint density at radius 2 is 1.83 bits per heavy atom. The molecule has 0 amide bonds. The minimum atomic E-state index is 0.561. The Kier molecular flexibility index (Phi) is 5.49. The third-order valence-electron chi connectivity index (χ3n) is 3.51. The van der Waals surface area contributed by atoms with Gasteiger partial charge in [-0.2, -0.15) is 0 Å². The lowest BCUT2D eigenvalue weighted by atomic mass is 9.95. The van der Waals surface area contributed by atoms with E-state index in [1.54, 1.807) is 0 Å². The topological polar surface area (TPSA) is 47.3 Å². The molecule has 1 aliphatic rings. The van der Waals surface area contributed by atoms with Crippen molar-refractivity contribution < 1.29 is 4.74 Å². The summed E-state index contributed by atoms with van der Waals surface area (Å²) in [7, 11) is 0. The average molecular weight is 248 g/mol. The van der Waals surface area contributed by atoms with Crippen molar-refractivity contribution in [2.45, 2.75) is 44.7 Å². The highest BCUT2D eigenvalue weighted by Gasteiger charge is 2.12. The lowest BCUT2D eigenvalue weighted by Crippen LogP contribution is -2.30. The van der Waals surface area contributed by atoms with E-state index in [2.05, 4.69) is 17.4 Å². The zero-order chi connectivity index (χ0) is 12.6. The first kappa shape index (κ1) is 13.4. The van der Waals surface area contributed by atoms with Crippen LogP contribution < -0.4 is 15.8 Å². The van der Waals surface area contributed by atoms with E-state index < -0.39 is 0 Å². The molecule has 0 radical (unpaired) electrons. The SMILES string of the molecule is NCCOc1ccc(CNC2CCCCC2)cc1. The molecule has 0 atom stereocenters. The summed E-state index contributed by atoms with van der Waals surface area (Å²) in [6.45, 7) is 2.10. The maximum atomic E-state index is 5.46. The van der Waals surface area contributed by atoms with Crippen LogP contribution in [0.15, 0.2) is 24.3 Å². The molecule has 18 heavy (non-hydrogen) atoms. The van der Waals surface area contributed by atoms with Gasteiger partial charge in [-0.05, 0) is 30.5 Å². The summed E-state index contributed by atoms with van der Waals surface area (Å²) >= 11 is 0. The van der Waals surface area contributed by atoms with E-state index in [4.69, 9.17) is 10.5 Å². The molecule has 1 aromatic carbocycles. The number of ether oxygens (including phenoxy) is 1. The largest absolute Gasteiger partial charge is 0.492 e. The number of hydrogen-bond acceptors (Lipinski definition) is 3.